The Hall–Kier alpha value is -3.42. The Kier molecular flexibility index (Phi) is 6.43. The Labute approximate surface area is 167 Å². The quantitative estimate of drug-likeness (QED) is 0.415. The number of para-hydroxylation sites is 1. The zero-order chi connectivity index (χ0) is 20.8. The molecule has 1 aliphatic carbocycles. The average Bonchev–Trinajstić information content (AvgIpc) is 2.70. The maximum absolute atomic E-state index is 12.8. The maximum Gasteiger partial charge on any atom is 0.341 e. The molecule has 1 aliphatic heterocycles. The third-order valence-corrected chi connectivity index (χ3v) is 4.80. The molecule has 8 nitrogen and oxygen atoms in total. The molecule has 2 N–H and O–H groups in total. The largest absolute Gasteiger partial charge is 0.481 e. The minimum atomic E-state index is -1.15. The number of aliphatic carboxylic acids is 1. The lowest BCUT2D eigenvalue weighted by atomic mass is 9.97. The molecule has 2 aliphatic rings. The van der Waals surface area contributed by atoms with Crippen molar-refractivity contribution in [2.45, 2.75) is 32.1 Å². The number of ether oxygens (including phenoxy) is 1. The summed E-state index contributed by atoms with van der Waals surface area (Å²) in [7, 11) is 0. The summed E-state index contributed by atoms with van der Waals surface area (Å²) in [5, 5.41) is 11.0. The topological polar surface area (TPSA) is 113 Å². The number of nitrogens with one attached hydrogen (secondary N) is 1. The van der Waals surface area contributed by atoms with Crippen molar-refractivity contribution in [2.24, 2.45) is 0 Å². The van der Waals surface area contributed by atoms with Gasteiger partial charge in [0.1, 0.15) is 11.3 Å². The second-order valence-electron chi connectivity index (χ2n) is 6.85. The highest BCUT2D eigenvalue weighted by atomic mass is 16.5. The molecule has 0 aromatic heterocycles. The number of carboxylic acids is 1. The molecule has 0 saturated carbocycles. The molecular weight excluding hydrogens is 376 g/mol. The van der Waals surface area contributed by atoms with Crippen LogP contribution in [0.3, 0.4) is 0 Å². The molecule has 4 amide bonds. The number of benzene rings is 1. The molecule has 1 aromatic rings. The number of nitrogens with zero attached hydrogens (tertiary/aromatic N) is 1. The van der Waals surface area contributed by atoms with Crippen LogP contribution in [0.25, 0.3) is 6.08 Å². The van der Waals surface area contributed by atoms with E-state index < -0.39 is 30.4 Å². The molecule has 0 atom stereocenters. The van der Waals surface area contributed by atoms with Crippen molar-refractivity contribution in [1.82, 2.24) is 10.2 Å². The number of carbonyl (C=O) groups excluding carboxylic acids is 3. The summed E-state index contributed by atoms with van der Waals surface area (Å²) in [4.78, 5) is 49.0. The van der Waals surface area contributed by atoms with Crippen molar-refractivity contribution in [3.63, 3.8) is 0 Å². The summed E-state index contributed by atoms with van der Waals surface area (Å²) in [5.41, 5.74) is 1.39. The number of allylic oxidation sites excluding steroid dienone is 1. The highest BCUT2D eigenvalue weighted by Gasteiger charge is 2.35. The summed E-state index contributed by atoms with van der Waals surface area (Å²) in [6.07, 6.45) is 8.26. The number of urea groups is 1. The maximum atomic E-state index is 12.8. The lowest BCUT2D eigenvalue weighted by Crippen LogP contribution is -2.54. The van der Waals surface area contributed by atoms with Gasteiger partial charge in [0, 0.05) is 12.1 Å². The Morgan fingerprint density at radius 1 is 1.21 bits per heavy atom. The number of hydrogen-bond donors (Lipinski definition) is 2. The zero-order valence-corrected chi connectivity index (χ0v) is 15.8. The van der Waals surface area contributed by atoms with Crippen molar-refractivity contribution < 1.29 is 29.0 Å². The predicted molar refractivity (Wildman–Crippen MR) is 104 cm³/mol. The Morgan fingerprint density at radius 2 is 2.00 bits per heavy atom. The van der Waals surface area contributed by atoms with E-state index in [1.54, 1.807) is 24.3 Å². The van der Waals surface area contributed by atoms with Gasteiger partial charge in [-0.3, -0.25) is 19.8 Å². The van der Waals surface area contributed by atoms with E-state index in [4.69, 9.17) is 9.84 Å². The fraction of sp³-hybridized carbons (Fsp3) is 0.333. The van der Waals surface area contributed by atoms with Crippen LogP contribution in [0.2, 0.25) is 0 Å². The van der Waals surface area contributed by atoms with E-state index in [1.807, 2.05) is 0 Å². The van der Waals surface area contributed by atoms with Crippen molar-refractivity contribution in [1.29, 1.82) is 0 Å². The third-order valence-electron chi connectivity index (χ3n) is 4.80. The molecule has 1 saturated heterocycles. The van der Waals surface area contributed by atoms with E-state index in [1.165, 1.54) is 11.6 Å². The lowest BCUT2D eigenvalue weighted by Gasteiger charge is -2.27. The van der Waals surface area contributed by atoms with Crippen LogP contribution in [0.1, 0.15) is 37.7 Å². The Morgan fingerprint density at radius 3 is 2.72 bits per heavy atom. The second-order valence-corrected chi connectivity index (χ2v) is 6.85. The van der Waals surface area contributed by atoms with Gasteiger partial charge < -0.3 is 9.84 Å². The minimum absolute atomic E-state index is 0.193. The first-order chi connectivity index (χ1) is 14.0. The Balaban J connectivity index is 1.80. The SMILES string of the molecule is O=C(O)COc1ccccc1C=C1C(=O)NC(=O)N(CCC2=CCCCC2)C1=O. The number of rotatable bonds is 7. The average molecular weight is 398 g/mol. The number of imide groups is 2. The van der Waals surface area contributed by atoms with Gasteiger partial charge in [0.15, 0.2) is 6.61 Å². The molecule has 3 rings (SSSR count). The standard InChI is InChI=1S/C21H22N2O6/c24-18(25)13-29-17-9-5-4-8-15(17)12-16-19(26)22-21(28)23(20(16)27)11-10-14-6-2-1-3-7-14/h4-6,8-9,12H,1-3,7,10-11,13H2,(H,24,25)(H,22,26,28). The fourth-order valence-electron chi connectivity index (χ4n) is 3.31. The molecule has 0 radical (unpaired) electrons. The summed E-state index contributed by atoms with van der Waals surface area (Å²) in [6, 6.07) is 5.72. The van der Waals surface area contributed by atoms with Gasteiger partial charge in [-0.15, -0.1) is 0 Å². The van der Waals surface area contributed by atoms with Crippen LogP contribution in [0.5, 0.6) is 5.75 Å². The van der Waals surface area contributed by atoms with Gasteiger partial charge in [0.25, 0.3) is 11.8 Å². The molecule has 1 aromatic carbocycles. The first-order valence-corrected chi connectivity index (χ1v) is 9.46. The summed E-state index contributed by atoms with van der Waals surface area (Å²) >= 11 is 0. The van der Waals surface area contributed by atoms with Gasteiger partial charge in [-0.2, -0.15) is 0 Å². The van der Waals surface area contributed by atoms with E-state index in [0.29, 0.717) is 12.0 Å². The minimum Gasteiger partial charge on any atom is -0.481 e. The Bertz CT molecular complexity index is 902. The molecule has 8 heteroatoms. The van der Waals surface area contributed by atoms with Crippen molar-refractivity contribution in [2.75, 3.05) is 13.2 Å². The molecule has 0 bridgehead atoms. The highest BCUT2D eigenvalue weighted by molar-refractivity contribution is 6.31. The number of carbonyl (C=O) groups is 4. The molecule has 1 heterocycles. The van der Waals surface area contributed by atoms with Crippen molar-refractivity contribution in [3.05, 3.63) is 47.1 Å². The first kappa shape index (κ1) is 20.3. The van der Waals surface area contributed by atoms with E-state index in [0.717, 1.165) is 30.6 Å². The monoisotopic (exact) mass is 398 g/mol. The van der Waals surface area contributed by atoms with E-state index in [2.05, 4.69) is 11.4 Å². The normalized spacial score (nSPS) is 18.5. The van der Waals surface area contributed by atoms with Crippen LogP contribution in [-0.2, 0) is 14.4 Å². The van der Waals surface area contributed by atoms with Gasteiger partial charge >= 0.3 is 12.0 Å². The van der Waals surface area contributed by atoms with Gasteiger partial charge in [-0.1, -0.05) is 29.8 Å². The van der Waals surface area contributed by atoms with Crippen LogP contribution < -0.4 is 10.1 Å². The number of carboxylic acid groups (broad SMARTS) is 1. The number of barbiturate groups is 1. The molecule has 29 heavy (non-hydrogen) atoms. The first-order valence-electron chi connectivity index (χ1n) is 9.46. The van der Waals surface area contributed by atoms with Gasteiger partial charge in [0.2, 0.25) is 0 Å². The number of amides is 4. The lowest BCUT2D eigenvalue weighted by molar-refractivity contribution is -0.139. The van der Waals surface area contributed by atoms with Crippen LogP contribution in [0.4, 0.5) is 4.79 Å². The van der Waals surface area contributed by atoms with Crippen LogP contribution in [0.15, 0.2) is 41.5 Å². The molecule has 0 spiro atoms. The highest BCUT2D eigenvalue weighted by Crippen LogP contribution is 2.24. The van der Waals surface area contributed by atoms with Gasteiger partial charge in [-0.25, -0.2) is 9.59 Å². The predicted octanol–water partition coefficient (Wildman–Crippen LogP) is 2.50. The van der Waals surface area contributed by atoms with Crippen LogP contribution in [0, 0.1) is 0 Å². The second kappa shape index (κ2) is 9.18. The van der Waals surface area contributed by atoms with Gasteiger partial charge in [0.05, 0.1) is 0 Å². The number of hydrogen-bond acceptors (Lipinski definition) is 5. The third kappa shape index (κ3) is 5.10. The van der Waals surface area contributed by atoms with Crippen LogP contribution >= 0.6 is 0 Å². The van der Waals surface area contributed by atoms with Crippen molar-refractivity contribution >= 4 is 29.9 Å². The molecule has 1 fully saturated rings. The van der Waals surface area contributed by atoms with E-state index in [9.17, 15) is 19.2 Å². The molecule has 152 valence electrons. The zero-order valence-electron chi connectivity index (χ0n) is 15.8. The van der Waals surface area contributed by atoms with Gasteiger partial charge in [-0.05, 0) is 44.2 Å². The van der Waals surface area contributed by atoms with Crippen molar-refractivity contribution in [3.8, 4) is 5.75 Å². The summed E-state index contributed by atoms with van der Waals surface area (Å²) < 4.78 is 5.21. The fourth-order valence-corrected chi connectivity index (χ4v) is 3.31. The summed E-state index contributed by atoms with van der Waals surface area (Å²) in [5.74, 6) is -2.39. The molecule has 0 unspecified atom stereocenters. The summed E-state index contributed by atoms with van der Waals surface area (Å²) in [6.45, 7) is -0.363. The smallest absolute Gasteiger partial charge is 0.341 e. The van der Waals surface area contributed by atoms with Crippen LogP contribution in [-0.4, -0.2) is 47.0 Å². The molecular formula is C21H22N2O6. The van der Waals surface area contributed by atoms with E-state index in [-0.39, 0.29) is 17.9 Å². The van der Waals surface area contributed by atoms with E-state index >= 15 is 0 Å².